The van der Waals surface area contributed by atoms with Gasteiger partial charge in [0.2, 0.25) is 17.7 Å². The number of carbonyl (C=O) groups is 4. The van der Waals surface area contributed by atoms with Crippen LogP contribution in [0.2, 0.25) is 0 Å². The summed E-state index contributed by atoms with van der Waals surface area (Å²) in [5.74, 6) is 0.0281. The summed E-state index contributed by atoms with van der Waals surface area (Å²) in [6.07, 6.45) is 11.2. The van der Waals surface area contributed by atoms with Gasteiger partial charge in [-0.2, -0.15) is 5.10 Å². The molecule has 0 aliphatic carbocycles. The van der Waals surface area contributed by atoms with Gasteiger partial charge in [-0.25, -0.2) is 19.3 Å². The van der Waals surface area contributed by atoms with E-state index in [4.69, 9.17) is 10.1 Å². The molecule has 4 aromatic heterocycles. The van der Waals surface area contributed by atoms with Crippen molar-refractivity contribution in [3.05, 3.63) is 102 Å². The molecule has 2 aromatic carbocycles. The van der Waals surface area contributed by atoms with Crippen molar-refractivity contribution < 1.29 is 23.6 Å². The second-order valence-corrected chi connectivity index (χ2v) is 17.6. The van der Waals surface area contributed by atoms with Crippen LogP contribution in [0.25, 0.3) is 22.0 Å². The molecule has 4 amide bonds. The Hall–Kier alpha value is -6.53. The molecular weight excluding hydrogens is 824 g/mol. The lowest BCUT2D eigenvalue weighted by Gasteiger charge is -2.37. The molecule has 6 aromatic rings. The van der Waals surface area contributed by atoms with Crippen LogP contribution >= 0.6 is 11.3 Å². The third kappa shape index (κ3) is 8.52. The number of imidazole rings is 1. The average Bonchev–Trinajstić information content (AvgIpc) is 4.13. The number of nitrogens with zero attached hydrogens (tertiary/aromatic N) is 9. The van der Waals surface area contributed by atoms with Gasteiger partial charge in [0.25, 0.3) is 5.91 Å². The molecule has 8 heterocycles. The molecule has 0 saturated carbocycles. The number of carbonyl (C=O) groups excluding carboxylic acids is 4. The Morgan fingerprint density at radius 3 is 2.48 bits per heavy atom. The first-order valence-electron chi connectivity index (χ1n) is 21.6. The van der Waals surface area contributed by atoms with Gasteiger partial charge in [-0.15, -0.1) is 11.3 Å². The number of fused-ring (bicyclic) bond motifs is 2. The maximum absolute atomic E-state index is 15.8. The number of likely N-dealkylation sites (tertiary alicyclic amines) is 1. The number of rotatable bonds is 11. The van der Waals surface area contributed by atoms with Crippen molar-refractivity contribution in [1.29, 1.82) is 0 Å². The average molecular weight is 871 g/mol. The van der Waals surface area contributed by atoms with E-state index in [9.17, 15) is 19.2 Å². The van der Waals surface area contributed by atoms with Crippen molar-refractivity contribution >= 4 is 62.5 Å². The van der Waals surface area contributed by atoms with Gasteiger partial charge in [-0.3, -0.25) is 39.4 Å². The Balaban J connectivity index is 0.729. The lowest BCUT2D eigenvalue weighted by atomic mass is 9.89. The van der Waals surface area contributed by atoms with Crippen molar-refractivity contribution in [3.63, 3.8) is 0 Å². The highest BCUT2D eigenvalue weighted by Crippen LogP contribution is 2.33. The van der Waals surface area contributed by atoms with Gasteiger partial charge in [0.15, 0.2) is 11.2 Å². The Morgan fingerprint density at radius 2 is 1.73 bits per heavy atom. The molecule has 2 unspecified atom stereocenters. The van der Waals surface area contributed by atoms with Gasteiger partial charge in [0.1, 0.15) is 17.7 Å². The van der Waals surface area contributed by atoms with Crippen LogP contribution in [0.4, 0.5) is 21.0 Å². The molecule has 10 rings (SSSR count). The minimum Gasteiger partial charge on any atom is -0.374 e. The van der Waals surface area contributed by atoms with Gasteiger partial charge in [-0.1, -0.05) is 12.1 Å². The molecule has 16 nitrogen and oxygen atoms in total. The van der Waals surface area contributed by atoms with Gasteiger partial charge in [-0.05, 0) is 98.6 Å². The van der Waals surface area contributed by atoms with E-state index in [0.29, 0.717) is 78.8 Å². The van der Waals surface area contributed by atoms with E-state index >= 15 is 4.39 Å². The van der Waals surface area contributed by atoms with Crippen molar-refractivity contribution in [2.75, 3.05) is 61.3 Å². The molecule has 18 heteroatoms. The third-order valence-electron chi connectivity index (χ3n) is 12.8. The van der Waals surface area contributed by atoms with Crippen LogP contribution in [0.15, 0.2) is 78.8 Å². The quantitative estimate of drug-likeness (QED) is 0.153. The zero-order valence-electron chi connectivity index (χ0n) is 34.6. The van der Waals surface area contributed by atoms with Crippen LogP contribution < -0.4 is 20.9 Å². The largest absolute Gasteiger partial charge is 0.374 e. The SMILES string of the molecule is O=C1CCC(Nc2ccc(C3CCN(CC(=O)N4CCN(c5ccc(-c6cc(F)c7cn(C(C(=O)Nc8nccs8)c8ncn9c8CCC9)nc7c6)cn5)CC4)CC3)cc2)C(=O)N1. The minimum atomic E-state index is -0.913. The maximum atomic E-state index is 15.8. The van der Waals surface area contributed by atoms with E-state index in [1.807, 2.05) is 35.2 Å². The van der Waals surface area contributed by atoms with E-state index in [0.717, 1.165) is 68.1 Å². The normalized spacial score (nSPS) is 19.0. The lowest BCUT2D eigenvalue weighted by Crippen LogP contribution is -2.52. The minimum absolute atomic E-state index is 0.139. The number of piperazine rings is 1. The number of benzene rings is 2. The lowest BCUT2D eigenvalue weighted by molar-refractivity contribution is -0.134. The zero-order chi connectivity index (χ0) is 43.0. The number of thiazole rings is 1. The first-order chi connectivity index (χ1) is 30.7. The van der Waals surface area contributed by atoms with Gasteiger partial charge >= 0.3 is 0 Å². The molecule has 324 valence electrons. The van der Waals surface area contributed by atoms with Crippen LogP contribution in [0.3, 0.4) is 0 Å². The third-order valence-corrected chi connectivity index (χ3v) is 13.5. The summed E-state index contributed by atoms with van der Waals surface area (Å²) in [5.41, 5.74) is 5.45. The highest BCUT2D eigenvalue weighted by atomic mass is 32.1. The number of hydrogen-bond acceptors (Lipinski definition) is 12. The predicted octanol–water partition coefficient (Wildman–Crippen LogP) is 4.81. The monoisotopic (exact) mass is 870 g/mol. The van der Waals surface area contributed by atoms with Crippen LogP contribution in [0, 0.1) is 5.82 Å². The van der Waals surface area contributed by atoms with Gasteiger partial charge in [0.05, 0.1) is 29.5 Å². The van der Waals surface area contributed by atoms with Crippen molar-refractivity contribution in [1.82, 2.24) is 44.4 Å². The Morgan fingerprint density at radius 1 is 0.905 bits per heavy atom. The summed E-state index contributed by atoms with van der Waals surface area (Å²) in [5, 5.41) is 15.8. The Kier molecular flexibility index (Phi) is 11.1. The number of imide groups is 1. The number of pyridine rings is 1. The molecule has 0 spiro atoms. The maximum Gasteiger partial charge on any atom is 0.257 e. The van der Waals surface area contributed by atoms with E-state index < -0.39 is 17.9 Å². The van der Waals surface area contributed by atoms with E-state index in [1.54, 1.807) is 30.3 Å². The second-order valence-electron chi connectivity index (χ2n) is 16.7. The fraction of sp³-hybridized carbons (Fsp3) is 0.378. The first kappa shape index (κ1) is 40.5. The molecule has 3 N–H and O–H groups in total. The molecule has 3 saturated heterocycles. The van der Waals surface area contributed by atoms with Crippen molar-refractivity contribution in [3.8, 4) is 11.1 Å². The van der Waals surface area contributed by atoms with Crippen LogP contribution in [-0.2, 0) is 32.1 Å². The number of amides is 4. The number of anilines is 3. The van der Waals surface area contributed by atoms with E-state index in [2.05, 4.69) is 52.4 Å². The molecule has 4 aliphatic rings. The fourth-order valence-electron chi connectivity index (χ4n) is 9.29. The smallest absolute Gasteiger partial charge is 0.257 e. The summed E-state index contributed by atoms with van der Waals surface area (Å²) in [4.78, 5) is 70.7. The number of aryl methyl sites for hydroxylation is 1. The standard InChI is InChI=1S/C45H47FN12O4S/c46-34-22-31(23-36-33(34)25-58(53-36)42(44(62)52-45-47-13-21-63-45)41-37-2-1-14-57(37)27-49-41)30-5-9-38(48-24-30)55-17-19-56(20-18-55)40(60)26-54-15-11-29(12-16-54)28-3-6-32(7-4-28)50-35-8-10-39(59)51-43(35)61/h3-7,9,13,21-25,27,29,35,42,50H,1-2,8,10-12,14-20,26H2,(H,47,52,62)(H,51,59,61). The van der Waals surface area contributed by atoms with Crippen LogP contribution in [0.5, 0.6) is 0 Å². The van der Waals surface area contributed by atoms with Crippen LogP contribution in [-0.4, -0.2) is 115 Å². The Bertz CT molecular complexity index is 2650. The molecule has 3 fully saturated rings. The summed E-state index contributed by atoms with van der Waals surface area (Å²) in [7, 11) is 0. The van der Waals surface area contributed by atoms with Crippen LogP contribution in [0.1, 0.15) is 61.0 Å². The number of halogens is 1. The predicted molar refractivity (Wildman–Crippen MR) is 236 cm³/mol. The fourth-order valence-corrected chi connectivity index (χ4v) is 9.82. The Labute approximate surface area is 366 Å². The summed E-state index contributed by atoms with van der Waals surface area (Å²) in [6.45, 7) is 5.45. The van der Waals surface area contributed by atoms with Crippen molar-refractivity contribution in [2.24, 2.45) is 0 Å². The summed E-state index contributed by atoms with van der Waals surface area (Å²) >= 11 is 1.32. The number of piperidine rings is 2. The van der Waals surface area contributed by atoms with E-state index in [-0.39, 0.29) is 23.6 Å². The molecule has 0 bridgehead atoms. The summed E-state index contributed by atoms with van der Waals surface area (Å²) < 4.78 is 19.4. The van der Waals surface area contributed by atoms with Gasteiger partial charge in [0, 0.05) is 80.1 Å². The highest BCUT2D eigenvalue weighted by Gasteiger charge is 2.33. The molecular formula is C45H47FN12O4S. The molecule has 0 radical (unpaired) electrons. The van der Waals surface area contributed by atoms with E-state index in [1.165, 1.54) is 27.6 Å². The van der Waals surface area contributed by atoms with Gasteiger partial charge < -0.3 is 19.7 Å². The summed E-state index contributed by atoms with van der Waals surface area (Å²) in [6, 6.07) is 14.0. The highest BCUT2D eigenvalue weighted by molar-refractivity contribution is 7.13. The molecule has 63 heavy (non-hydrogen) atoms. The van der Waals surface area contributed by atoms with Crippen molar-refractivity contribution in [2.45, 2.75) is 63.1 Å². The topological polar surface area (TPSA) is 176 Å². The zero-order valence-corrected chi connectivity index (χ0v) is 35.4. The number of hydrogen-bond donors (Lipinski definition) is 3. The second kappa shape index (κ2) is 17.3. The first-order valence-corrected chi connectivity index (χ1v) is 22.4. The molecule has 2 atom stereocenters. The number of nitrogens with one attached hydrogen (secondary N) is 3. The number of aromatic nitrogens is 6. The molecule has 4 aliphatic heterocycles.